The van der Waals surface area contributed by atoms with E-state index in [2.05, 4.69) is 35.7 Å². The zero-order valence-electron chi connectivity index (χ0n) is 16.9. The third-order valence-corrected chi connectivity index (χ3v) is 5.12. The minimum atomic E-state index is -0.161. The summed E-state index contributed by atoms with van der Waals surface area (Å²) in [4.78, 5) is 13.3. The lowest BCUT2D eigenvalue weighted by atomic mass is 9.93. The topological polar surface area (TPSA) is 90.4 Å². The number of piperidine rings is 1. The minimum absolute atomic E-state index is 0.161. The van der Waals surface area contributed by atoms with Crippen molar-refractivity contribution in [3.8, 4) is 5.75 Å². The standard InChI is InChI=1S/C14H20N2O.C10H11NO/c15-14(17)10-12-6-8-16(9-7-12)11-13-4-2-1-3-5-13;1-2-4-8-5-3-6-9(7-11)10(8)12/h1-5,12H,6-11H2,(H2,15,17);2-3,5-7,11-12H,1,4H2. The van der Waals surface area contributed by atoms with E-state index in [-0.39, 0.29) is 11.7 Å². The van der Waals surface area contributed by atoms with E-state index in [1.165, 1.54) is 5.56 Å². The SMILES string of the molecule is C=CCc1cccc(C=N)c1O.NC(=O)CC1CCN(Cc2ccccc2)CC1. The van der Waals surface area contributed by atoms with Crippen LogP contribution in [0.1, 0.15) is 36.0 Å². The number of hydrogen-bond acceptors (Lipinski definition) is 4. The summed E-state index contributed by atoms with van der Waals surface area (Å²) in [6.07, 6.45) is 6.24. The molecule has 0 bridgehead atoms. The Morgan fingerprint density at radius 1 is 1.17 bits per heavy atom. The highest BCUT2D eigenvalue weighted by atomic mass is 16.3. The molecule has 29 heavy (non-hydrogen) atoms. The van der Waals surface area contributed by atoms with Crippen molar-refractivity contribution >= 4 is 12.1 Å². The maximum atomic E-state index is 10.8. The van der Waals surface area contributed by atoms with E-state index in [1.54, 1.807) is 12.1 Å². The van der Waals surface area contributed by atoms with E-state index in [4.69, 9.17) is 11.1 Å². The molecule has 1 heterocycles. The van der Waals surface area contributed by atoms with Crippen molar-refractivity contribution < 1.29 is 9.90 Å². The van der Waals surface area contributed by atoms with Crippen LogP contribution in [0.5, 0.6) is 5.75 Å². The molecule has 1 fully saturated rings. The summed E-state index contributed by atoms with van der Waals surface area (Å²) in [5.74, 6) is 0.526. The number of aromatic hydroxyl groups is 1. The minimum Gasteiger partial charge on any atom is -0.507 e. The number of primary amides is 1. The number of carbonyl (C=O) groups is 1. The van der Waals surface area contributed by atoms with E-state index < -0.39 is 0 Å². The van der Waals surface area contributed by atoms with Crippen LogP contribution < -0.4 is 5.73 Å². The predicted molar refractivity (Wildman–Crippen MR) is 118 cm³/mol. The van der Waals surface area contributed by atoms with Crippen molar-refractivity contribution in [1.82, 2.24) is 4.90 Å². The number of hydrogen-bond donors (Lipinski definition) is 3. The van der Waals surface area contributed by atoms with Gasteiger partial charge in [0.1, 0.15) is 5.75 Å². The maximum absolute atomic E-state index is 10.8. The van der Waals surface area contributed by atoms with E-state index in [9.17, 15) is 9.90 Å². The number of amides is 1. The summed E-state index contributed by atoms with van der Waals surface area (Å²) in [5.41, 5.74) is 7.95. The number of nitrogens with one attached hydrogen (secondary N) is 1. The number of carbonyl (C=O) groups excluding carboxylic acids is 1. The van der Waals surface area contributed by atoms with Gasteiger partial charge in [0.15, 0.2) is 0 Å². The second kappa shape index (κ2) is 11.8. The van der Waals surface area contributed by atoms with Crippen LogP contribution in [-0.2, 0) is 17.8 Å². The molecular weight excluding hydrogens is 362 g/mol. The Bertz CT molecular complexity index is 797. The highest BCUT2D eigenvalue weighted by molar-refractivity contribution is 5.81. The van der Waals surface area contributed by atoms with Crippen molar-refractivity contribution in [3.05, 3.63) is 77.9 Å². The molecule has 0 radical (unpaired) electrons. The van der Waals surface area contributed by atoms with Gasteiger partial charge in [-0.05, 0) is 55.5 Å². The highest BCUT2D eigenvalue weighted by Crippen LogP contribution is 2.22. The number of nitrogens with two attached hydrogens (primary N) is 1. The van der Waals surface area contributed by atoms with Gasteiger partial charge in [-0.1, -0.05) is 48.5 Å². The smallest absolute Gasteiger partial charge is 0.217 e. The first-order valence-corrected chi connectivity index (χ1v) is 10.00. The first-order chi connectivity index (χ1) is 14.0. The first kappa shape index (κ1) is 22.4. The monoisotopic (exact) mass is 393 g/mol. The number of benzene rings is 2. The Balaban J connectivity index is 0.000000221. The van der Waals surface area contributed by atoms with Crippen molar-refractivity contribution in [1.29, 1.82) is 5.41 Å². The van der Waals surface area contributed by atoms with E-state index >= 15 is 0 Å². The summed E-state index contributed by atoms with van der Waals surface area (Å²) < 4.78 is 0. The van der Waals surface area contributed by atoms with Gasteiger partial charge in [-0.2, -0.15) is 0 Å². The fourth-order valence-corrected chi connectivity index (χ4v) is 3.52. The number of rotatable bonds is 7. The van der Waals surface area contributed by atoms with Crippen LogP contribution in [0.2, 0.25) is 0 Å². The van der Waals surface area contributed by atoms with Crippen LogP contribution in [0.15, 0.2) is 61.2 Å². The molecule has 1 aliphatic rings. The molecule has 0 aliphatic carbocycles. The summed E-state index contributed by atoms with van der Waals surface area (Å²) in [5, 5.41) is 16.5. The average Bonchev–Trinajstić information content (AvgIpc) is 2.72. The van der Waals surface area contributed by atoms with Gasteiger partial charge in [0.25, 0.3) is 0 Å². The summed E-state index contributed by atoms with van der Waals surface area (Å²) in [7, 11) is 0. The van der Waals surface area contributed by atoms with Gasteiger partial charge in [0.2, 0.25) is 5.91 Å². The molecule has 1 amide bonds. The van der Waals surface area contributed by atoms with Crippen molar-refractivity contribution in [3.63, 3.8) is 0 Å². The van der Waals surface area contributed by atoms with Gasteiger partial charge in [-0.3, -0.25) is 9.69 Å². The fraction of sp³-hybridized carbons (Fsp3) is 0.333. The summed E-state index contributed by atoms with van der Waals surface area (Å²) >= 11 is 0. The van der Waals surface area contributed by atoms with Crippen molar-refractivity contribution in [2.75, 3.05) is 13.1 Å². The molecule has 1 aliphatic heterocycles. The largest absolute Gasteiger partial charge is 0.507 e. The molecule has 5 nitrogen and oxygen atoms in total. The zero-order chi connectivity index (χ0) is 21.1. The predicted octanol–water partition coefficient (Wildman–Crippen LogP) is 3.89. The van der Waals surface area contributed by atoms with E-state index in [1.807, 2.05) is 18.2 Å². The molecule has 5 heteroatoms. The Labute approximate surface area is 173 Å². The van der Waals surface area contributed by atoms with Crippen LogP contribution in [0, 0.1) is 11.3 Å². The van der Waals surface area contributed by atoms with Gasteiger partial charge in [0, 0.05) is 24.7 Å². The van der Waals surface area contributed by atoms with Crippen LogP contribution in [0.25, 0.3) is 0 Å². The van der Waals surface area contributed by atoms with Crippen LogP contribution in [0.3, 0.4) is 0 Å². The molecule has 0 aromatic heterocycles. The molecule has 0 atom stereocenters. The molecule has 2 aromatic rings. The number of nitrogens with zero attached hydrogens (tertiary/aromatic N) is 1. The van der Waals surface area contributed by atoms with Gasteiger partial charge in [0.05, 0.1) is 0 Å². The second-order valence-corrected chi connectivity index (χ2v) is 7.37. The molecule has 154 valence electrons. The third kappa shape index (κ3) is 7.54. The lowest BCUT2D eigenvalue weighted by molar-refractivity contribution is -0.119. The number of para-hydroxylation sites is 1. The van der Waals surface area contributed by atoms with Crippen LogP contribution in [0.4, 0.5) is 0 Å². The molecule has 0 unspecified atom stereocenters. The molecule has 4 N–H and O–H groups in total. The van der Waals surface area contributed by atoms with Gasteiger partial charge in [-0.15, -0.1) is 6.58 Å². The van der Waals surface area contributed by atoms with E-state index in [0.717, 1.165) is 44.3 Å². The lowest BCUT2D eigenvalue weighted by Crippen LogP contribution is -2.34. The number of allylic oxidation sites excluding steroid dienone is 1. The van der Waals surface area contributed by atoms with Crippen molar-refractivity contribution in [2.24, 2.45) is 11.7 Å². The molecular formula is C24H31N3O2. The Morgan fingerprint density at radius 3 is 2.45 bits per heavy atom. The average molecular weight is 394 g/mol. The Kier molecular flexibility index (Phi) is 9.12. The Morgan fingerprint density at radius 2 is 1.86 bits per heavy atom. The normalized spacial score (nSPS) is 14.5. The zero-order valence-corrected chi connectivity index (χ0v) is 16.9. The highest BCUT2D eigenvalue weighted by Gasteiger charge is 2.20. The van der Waals surface area contributed by atoms with Gasteiger partial charge < -0.3 is 16.2 Å². The van der Waals surface area contributed by atoms with E-state index in [0.29, 0.717) is 24.3 Å². The quantitative estimate of drug-likeness (QED) is 0.492. The fourth-order valence-electron chi connectivity index (χ4n) is 3.52. The Hall–Kier alpha value is -2.92. The second-order valence-electron chi connectivity index (χ2n) is 7.37. The summed E-state index contributed by atoms with van der Waals surface area (Å²) in [6.45, 7) is 6.75. The molecule has 0 spiro atoms. The molecule has 0 saturated carbocycles. The summed E-state index contributed by atoms with van der Waals surface area (Å²) in [6, 6.07) is 15.9. The number of phenolic OH excluding ortho intramolecular Hbond substituents is 1. The van der Waals surface area contributed by atoms with Gasteiger partial charge >= 0.3 is 0 Å². The molecule has 1 saturated heterocycles. The van der Waals surface area contributed by atoms with Crippen LogP contribution in [-0.4, -0.2) is 35.2 Å². The number of likely N-dealkylation sites (tertiary alicyclic amines) is 1. The first-order valence-electron chi connectivity index (χ1n) is 10.00. The maximum Gasteiger partial charge on any atom is 0.217 e. The van der Waals surface area contributed by atoms with Crippen LogP contribution >= 0.6 is 0 Å². The lowest BCUT2D eigenvalue weighted by Gasteiger charge is -2.31. The molecule has 2 aromatic carbocycles. The number of phenols is 1. The third-order valence-electron chi connectivity index (χ3n) is 5.12. The van der Waals surface area contributed by atoms with Crippen molar-refractivity contribution in [2.45, 2.75) is 32.2 Å². The molecule has 3 rings (SSSR count). The van der Waals surface area contributed by atoms with Gasteiger partial charge in [-0.25, -0.2) is 0 Å².